The van der Waals surface area contributed by atoms with E-state index in [1.807, 2.05) is 0 Å². The van der Waals surface area contributed by atoms with E-state index in [4.69, 9.17) is 9.73 Å². The molecule has 0 amide bonds. The zero-order chi connectivity index (χ0) is 19.5. The molecule has 1 unspecified atom stereocenters. The van der Waals surface area contributed by atoms with Gasteiger partial charge in [-0.3, -0.25) is 9.89 Å². The molecule has 27 heavy (non-hydrogen) atoms. The number of rotatable bonds is 9. The van der Waals surface area contributed by atoms with E-state index in [0.29, 0.717) is 18.0 Å². The molecule has 2 fully saturated rings. The van der Waals surface area contributed by atoms with Gasteiger partial charge in [-0.25, -0.2) is 0 Å². The van der Waals surface area contributed by atoms with Crippen molar-refractivity contribution in [1.82, 2.24) is 20.4 Å². The predicted octanol–water partition coefficient (Wildman–Crippen LogP) is 2.16. The van der Waals surface area contributed by atoms with E-state index in [1.165, 1.54) is 45.3 Å². The van der Waals surface area contributed by atoms with E-state index in [9.17, 15) is 0 Å². The molecular weight excluding hydrogens is 338 g/mol. The molecule has 2 rings (SSSR count). The highest BCUT2D eigenvalue weighted by Crippen LogP contribution is 2.14. The van der Waals surface area contributed by atoms with Crippen molar-refractivity contribution in [3.63, 3.8) is 0 Å². The van der Waals surface area contributed by atoms with E-state index in [1.54, 1.807) is 0 Å². The molecule has 1 atom stereocenters. The molecule has 6 nitrogen and oxygen atoms in total. The van der Waals surface area contributed by atoms with Gasteiger partial charge >= 0.3 is 0 Å². The minimum atomic E-state index is 0.510. The number of piperidine rings is 1. The maximum atomic E-state index is 5.54. The SMILES string of the molecule is CCCN1CCC(NC(=NCC(CC(C)C)N2CCOCC2)NCC)CC1. The summed E-state index contributed by atoms with van der Waals surface area (Å²) in [7, 11) is 0. The molecular formula is C21H43N5O. The van der Waals surface area contributed by atoms with Gasteiger partial charge in [0.1, 0.15) is 0 Å². The molecule has 6 heteroatoms. The molecule has 0 aromatic heterocycles. The molecule has 0 bridgehead atoms. The van der Waals surface area contributed by atoms with Gasteiger partial charge < -0.3 is 20.3 Å². The summed E-state index contributed by atoms with van der Waals surface area (Å²) < 4.78 is 5.54. The maximum Gasteiger partial charge on any atom is 0.191 e. The predicted molar refractivity (Wildman–Crippen MR) is 115 cm³/mol. The number of hydrogen-bond acceptors (Lipinski definition) is 4. The van der Waals surface area contributed by atoms with E-state index >= 15 is 0 Å². The second kappa shape index (κ2) is 12.6. The minimum absolute atomic E-state index is 0.510. The minimum Gasteiger partial charge on any atom is -0.379 e. The smallest absolute Gasteiger partial charge is 0.191 e. The van der Waals surface area contributed by atoms with E-state index in [2.05, 4.69) is 48.1 Å². The number of nitrogens with one attached hydrogen (secondary N) is 2. The van der Waals surface area contributed by atoms with E-state index in [0.717, 1.165) is 45.4 Å². The Labute approximate surface area is 167 Å². The fourth-order valence-electron chi connectivity index (χ4n) is 4.15. The number of aliphatic imine (C=N–C) groups is 1. The van der Waals surface area contributed by atoms with Crippen molar-refractivity contribution in [2.24, 2.45) is 10.9 Å². The summed E-state index contributed by atoms with van der Waals surface area (Å²) in [6.07, 6.45) is 4.87. The van der Waals surface area contributed by atoms with Crippen molar-refractivity contribution in [3.8, 4) is 0 Å². The fourth-order valence-corrected chi connectivity index (χ4v) is 4.15. The first-order valence-electron chi connectivity index (χ1n) is 11.2. The molecule has 0 radical (unpaired) electrons. The van der Waals surface area contributed by atoms with Crippen LogP contribution in [-0.4, -0.2) is 86.9 Å². The molecule has 0 aliphatic carbocycles. The normalized spacial score (nSPS) is 22.2. The van der Waals surface area contributed by atoms with Crippen LogP contribution in [0, 0.1) is 5.92 Å². The Balaban J connectivity index is 1.89. The lowest BCUT2D eigenvalue weighted by molar-refractivity contribution is 0.0143. The standard InChI is InChI=1S/C21H43N5O/c1-5-9-25-10-7-19(8-11-25)24-21(22-6-2)23-17-20(16-18(3)4)26-12-14-27-15-13-26/h18-20H,5-17H2,1-4H3,(H2,22,23,24). The molecule has 2 aliphatic rings. The van der Waals surface area contributed by atoms with Crippen LogP contribution in [0.2, 0.25) is 0 Å². The van der Waals surface area contributed by atoms with Gasteiger partial charge in [0.25, 0.3) is 0 Å². The van der Waals surface area contributed by atoms with Crippen molar-refractivity contribution >= 4 is 5.96 Å². The molecule has 0 aromatic rings. The highest BCUT2D eigenvalue weighted by atomic mass is 16.5. The number of morpholine rings is 1. The number of hydrogen-bond donors (Lipinski definition) is 2. The zero-order valence-corrected chi connectivity index (χ0v) is 18.2. The first-order chi connectivity index (χ1) is 13.1. The summed E-state index contributed by atoms with van der Waals surface area (Å²) in [4.78, 5) is 10.1. The van der Waals surface area contributed by atoms with Gasteiger partial charge in [0.05, 0.1) is 19.8 Å². The number of likely N-dealkylation sites (tertiary alicyclic amines) is 1. The van der Waals surface area contributed by atoms with Crippen LogP contribution < -0.4 is 10.6 Å². The lowest BCUT2D eigenvalue weighted by atomic mass is 10.0. The summed E-state index contributed by atoms with van der Waals surface area (Å²) in [5, 5.41) is 7.16. The Kier molecular flexibility index (Phi) is 10.5. The van der Waals surface area contributed by atoms with Gasteiger partial charge in [-0.1, -0.05) is 20.8 Å². The van der Waals surface area contributed by atoms with Crippen LogP contribution in [-0.2, 0) is 4.74 Å². The van der Waals surface area contributed by atoms with Crippen LogP contribution in [0.15, 0.2) is 4.99 Å². The largest absolute Gasteiger partial charge is 0.379 e. The monoisotopic (exact) mass is 381 g/mol. The molecule has 0 aromatic carbocycles. The Morgan fingerprint density at radius 2 is 1.81 bits per heavy atom. The van der Waals surface area contributed by atoms with E-state index < -0.39 is 0 Å². The summed E-state index contributed by atoms with van der Waals surface area (Å²) in [5.74, 6) is 1.68. The summed E-state index contributed by atoms with van der Waals surface area (Å²) in [6.45, 7) is 18.2. The molecule has 2 N–H and O–H groups in total. The summed E-state index contributed by atoms with van der Waals surface area (Å²) in [6, 6.07) is 1.05. The highest BCUT2D eigenvalue weighted by Gasteiger charge is 2.23. The second-order valence-corrected chi connectivity index (χ2v) is 8.41. The number of ether oxygens (including phenoxy) is 1. The van der Waals surface area contributed by atoms with E-state index in [-0.39, 0.29) is 0 Å². The Hall–Kier alpha value is -0.850. The number of nitrogens with zero attached hydrogens (tertiary/aromatic N) is 3. The average Bonchev–Trinajstić information content (AvgIpc) is 2.67. The summed E-state index contributed by atoms with van der Waals surface area (Å²) in [5.41, 5.74) is 0. The van der Waals surface area contributed by atoms with Gasteiger partial charge in [-0.2, -0.15) is 0 Å². The van der Waals surface area contributed by atoms with Gasteiger partial charge in [0.15, 0.2) is 5.96 Å². The maximum absolute atomic E-state index is 5.54. The topological polar surface area (TPSA) is 52.1 Å². The summed E-state index contributed by atoms with van der Waals surface area (Å²) >= 11 is 0. The van der Waals surface area contributed by atoms with Crippen molar-refractivity contribution in [2.45, 2.75) is 65.5 Å². The average molecular weight is 382 g/mol. The molecule has 2 saturated heterocycles. The third-order valence-corrected chi connectivity index (χ3v) is 5.58. The lowest BCUT2D eigenvalue weighted by Crippen LogP contribution is -2.50. The van der Waals surface area contributed by atoms with Crippen LogP contribution in [0.3, 0.4) is 0 Å². The van der Waals surface area contributed by atoms with Crippen molar-refractivity contribution < 1.29 is 4.74 Å². The van der Waals surface area contributed by atoms with Crippen LogP contribution in [0.5, 0.6) is 0 Å². The number of guanidine groups is 1. The first kappa shape index (κ1) is 22.4. The fraction of sp³-hybridized carbons (Fsp3) is 0.952. The van der Waals surface area contributed by atoms with Crippen LogP contribution in [0.4, 0.5) is 0 Å². The third kappa shape index (κ3) is 8.36. The lowest BCUT2D eigenvalue weighted by Gasteiger charge is -2.35. The van der Waals surface area contributed by atoms with Crippen LogP contribution in [0.1, 0.15) is 53.4 Å². The van der Waals surface area contributed by atoms with Gasteiger partial charge in [-0.05, 0) is 45.1 Å². The molecule has 2 aliphatic heterocycles. The molecule has 158 valence electrons. The van der Waals surface area contributed by atoms with Gasteiger partial charge in [0, 0.05) is 44.8 Å². The quantitative estimate of drug-likeness (QED) is 0.473. The Bertz CT molecular complexity index is 415. The molecule has 0 spiro atoms. The van der Waals surface area contributed by atoms with Crippen LogP contribution >= 0.6 is 0 Å². The second-order valence-electron chi connectivity index (χ2n) is 8.41. The first-order valence-corrected chi connectivity index (χ1v) is 11.2. The van der Waals surface area contributed by atoms with Crippen molar-refractivity contribution in [1.29, 1.82) is 0 Å². The Morgan fingerprint density at radius 1 is 1.11 bits per heavy atom. The third-order valence-electron chi connectivity index (χ3n) is 5.58. The highest BCUT2D eigenvalue weighted by molar-refractivity contribution is 5.80. The molecule has 2 heterocycles. The van der Waals surface area contributed by atoms with Crippen molar-refractivity contribution in [3.05, 3.63) is 0 Å². The Morgan fingerprint density at radius 3 is 2.41 bits per heavy atom. The molecule has 0 saturated carbocycles. The van der Waals surface area contributed by atoms with Crippen LogP contribution in [0.25, 0.3) is 0 Å². The van der Waals surface area contributed by atoms with Crippen molar-refractivity contribution in [2.75, 3.05) is 59.0 Å². The van der Waals surface area contributed by atoms with Gasteiger partial charge in [-0.15, -0.1) is 0 Å². The van der Waals surface area contributed by atoms with Gasteiger partial charge in [0.2, 0.25) is 0 Å². The zero-order valence-electron chi connectivity index (χ0n) is 18.2.